The monoisotopic (exact) mass is 497 g/mol. The van der Waals surface area contributed by atoms with Crippen LogP contribution in [0.5, 0.6) is 5.75 Å². The maximum absolute atomic E-state index is 13.1. The number of esters is 1. The lowest BCUT2D eigenvalue weighted by atomic mass is 9.74. The molecule has 3 aliphatic heterocycles. The van der Waals surface area contributed by atoms with Gasteiger partial charge < -0.3 is 24.2 Å². The lowest BCUT2D eigenvalue weighted by molar-refractivity contribution is -0.139. The summed E-state index contributed by atoms with van der Waals surface area (Å²) in [4.78, 5) is 43.8. The van der Waals surface area contributed by atoms with Gasteiger partial charge in [0.2, 0.25) is 11.8 Å². The van der Waals surface area contributed by atoms with Gasteiger partial charge in [-0.3, -0.25) is 9.59 Å². The molecule has 36 heavy (non-hydrogen) atoms. The van der Waals surface area contributed by atoms with E-state index in [2.05, 4.69) is 4.90 Å². The number of hydrogen-bond donors (Lipinski definition) is 0. The summed E-state index contributed by atoms with van der Waals surface area (Å²) in [5, 5.41) is 0. The van der Waals surface area contributed by atoms with Crippen LogP contribution in [0.2, 0.25) is 0 Å². The van der Waals surface area contributed by atoms with E-state index in [0.29, 0.717) is 43.7 Å². The van der Waals surface area contributed by atoms with Crippen molar-refractivity contribution in [1.82, 2.24) is 14.7 Å². The zero-order valence-electron chi connectivity index (χ0n) is 21.7. The molecule has 196 valence electrons. The first-order valence-electron chi connectivity index (χ1n) is 13.7. The molecule has 1 spiro atoms. The highest BCUT2D eigenvalue weighted by molar-refractivity contribution is 5.95. The van der Waals surface area contributed by atoms with Crippen LogP contribution in [0.15, 0.2) is 18.2 Å². The number of likely N-dealkylation sites (N-methyl/N-ethyl adjacent to an activating group) is 1. The van der Waals surface area contributed by atoms with E-state index in [1.54, 1.807) is 11.0 Å². The van der Waals surface area contributed by atoms with Gasteiger partial charge in [-0.05, 0) is 63.7 Å². The molecular weight excluding hydrogens is 458 g/mol. The molecule has 1 aliphatic carbocycles. The maximum atomic E-state index is 13.1. The fraction of sp³-hybridized carbons (Fsp3) is 0.679. The van der Waals surface area contributed by atoms with Crippen LogP contribution in [0.25, 0.3) is 0 Å². The zero-order chi connectivity index (χ0) is 25.3. The Kier molecular flexibility index (Phi) is 7.24. The number of amides is 2. The Morgan fingerprint density at radius 1 is 1.14 bits per heavy atom. The molecule has 1 saturated carbocycles. The van der Waals surface area contributed by atoms with Crippen molar-refractivity contribution in [2.45, 2.75) is 70.0 Å². The quantitative estimate of drug-likeness (QED) is 0.539. The molecule has 8 nitrogen and oxygen atoms in total. The second-order valence-electron chi connectivity index (χ2n) is 10.9. The highest BCUT2D eigenvalue weighted by Gasteiger charge is 2.49. The van der Waals surface area contributed by atoms with Crippen molar-refractivity contribution >= 4 is 17.8 Å². The third-order valence-electron chi connectivity index (χ3n) is 8.51. The highest BCUT2D eigenvalue weighted by Crippen LogP contribution is 2.49. The van der Waals surface area contributed by atoms with E-state index in [1.165, 1.54) is 19.3 Å². The Bertz CT molecular complexity index is 991. The van der Waals surface area contributed by atoms with Gasteiger partial charge in [0, 0.05) is 38.0 Å². The second kappa shape index (κ2) is 10.4. The maximum Gasteiger partial charge on any atom is 0.339 e. The van der Waals surface area contributed by atoms with E-state index in [9.17, 15) is 14.4 Å². The number of ether oxygens (including phenoxy) is 2. The Hall–Kier alpha value is -2.61. The number of nitrogens with zero attached hydrogens (tertiary/aromatic N) is 3. The van der Waals surface area contributed by atoms with Crippen LogP contribution in [0.1, 0.15) is 74.2 Å². The lowest BCUT2D eigenvalue weighted by Crippen LogP contribution is -2.56. The Labute approximate surface area is 213 Å². The SMILES string of the molecule is CCC(=O)N1CC(Oc2ccc3c(c2)C(=O)O[C@]32CC[C@H](C(=O)N(C)CCN3CCCCC3)CC2)C1. The predicted molar refractivity (Wildman–Crippen MR) is 135 cm³/mol. The second-order valence-corrected chi connectivity index (χ2v) is 10.9. The summed E-state index contributed by atoms with van der Waals surface area (Å²) >= 11 is 0. The minimum absolute atomic E-state index is 0.0141. The molecule has 0 radical (unpaired) electrons. The van der Waals surface area contributed by atoms with Gasteiger partial charge in [0.15, 0.2) is 0 Å². The smallest absolute Gasteiger partial charge is 0.339 e. The number of carbonyl (C=O) groups is 3. The van der Waals surface area contributed by atoms with Crippen molar-refractivity contribution < 1.29 is 23.9 Å². The molecule has 0 bridgehead atoms. The average molecular weight is 498 g/mol. The van der Waals surface area contributed by atoms with Gasteiger partial charge in [-0.2, -0.15) is 0 Å². The molecule has 2 amide bonds. The van der Waals surface area contributed by atoms with Crippen LogP contribution in [0.3, 0.4) is 0 Å². The van der Waals surface area contributed by atoms with Crippen LogP contribution in [-0.2, 0) is 19.9 Å². The van der Waals surface area contributed by atoms with E-state index in [-0.39, 0.29) is 29.8 Å². The van der Waals surface area contributed by atoms with Crippen LogP contribution in [-0.4, -0.2) is 84.9 Å². The van der Waals surface area contributed by atoms with Crippen molar-refractivity contribution in [3.05, 3.63) is 29.3 Å². The lowest BCUT2D eigenvalue weighted by Gasteiger charge is -2.39. The van der Waals surface area contributed by atoms with Crippen molar-refractivity contribution in [3.8, 4) is 5.75 Å². The molecule has 2 saturated heterocycles. The normalized spacial score (nSPS) is 26.3. The Balaban J connectivity index is 1.15. The van der Waals surface area contributed by atoms with E-state index in [0.717, 1.165) is 44.6 Å². The number of piperidine rings is 1. The van der Waals surface area contributed by atoms with Gasteiger partial charge in [-0.25, -0.2) is 4.79 Å². The summed E-state index contributed by atoms with van der Waals surface area (Å²) in [5.41, 5.74) is 0.854. The molecular formula is C28H39N3O5. The highest BCUT2D eigenvalue weighted by atomic mass is 16.6. The molecule has 8 heteroatoms. The number of carbonyl (C=O) groups excluding carboxylic acids is 3. The van der Waals surface area contributed by atoms with E-state index in [1.807, 2.05) is 31.0 Å². The average Bonchev–Trinajstić information content (AvgIpc) is 3.15. The molecule has 1 aromatic carbocycles. The molecule has 0 N–H and O–H groups in total. The summed E-state index contributed by atoms with van der Waals surface area (Å²) in [6.07, 6.45) is 7.07. The predicted octanol–water partition coefficient (Wildman–Crippen LogP) is 3.19. The molecule has 1 aromatic rings. The van der Waals surface area contributed by atoms with Gasteiger partial charge in [0.25, 0.3) is 0 Å². The summed E-state index contributed by atoms with van der Waals surface area (Å²) in [7, 11) is 1.92. The fourth-order valence-corrected chi connectivity index (χ4v) is 6.18. The van der Waals surface area contributed by atoms with Gasteiger partial charge in [-0.1, -0.05) is 19.4 Å². The first-order valence-corrected chi connectivity index (χ1v) is 13.7. The van der Waals surface area contributed by atoms with Gasteiger partial charge in [-0.15, -0.1) is 0 Å². The Morgan fingerprint density at radius 2 is 1.86 bits per heavy atom. The van der Waals surface area contributed by atoms with E-state index < -0.39 is 5.60 Å². The van der Waals surface area contributed by atoms with Crippen LogP contribution < -0.4 is 4.74 Å². The number of hydrogen-bond acceptors (Lipinski definition) is 6. The van der Waals surface area contributed by atoms with Crippen molar-refractivity contribution in [2.24, 2.45) is 5.92 Å². The van der Waals surface area contributed by atoms with E-state index >= 15 is 0 Å². The van der Waals surface area contributed by atoms with Gasteiger partial charge in [0.05, 0.1) is 18.7 Å². The minimum Gasteiger partial charge on any atom is -0.487 e. The van der Waals surface area contributed by atoms with Gasteiger partial charge in [0.1, 0.15) is 17.5 Å². The topological polar surface area (TPSA) is 79.4 Å². The summed E-state index contributed by atoms with van der Waals surface area (Å²) in [6.45, 7) is 7.03. The standard InChI is InChI=1S/C28H39N3O5/c1-3-25(32)31-18-22(19-31)35-21-7-8-24-23(17-21)27(34)36-28(24)11-9-20(10-12-28)26(33)29(2)15-16-30-13-5-4-6-14-30/h7-8,17,20,22H,3-6,9-16,18-19H2,1-2H3/t20-,28-. The molecule has 3 fully saturated rings. The van der Waals surface area contributed by atoms with Crippen molar-refractivity contribution in [3.63, 3.8) is 0 Å². The molecule has 0 aromatic heterocycles. The first kappa shape index (κ1) is 25.1. The first-order chi connectivity index (χ1) is 17.4. The number of benzene rings is 1. The van der Waals surface area contributed by atoms with Crippen molar-refractivity contribution in [2.75, 3.05) is 46.3 Å². The Morgan fingerprint density at radius 3 is 2.56 bits per heavy atom. The largest absolute Gasteiger partial charge is 0.487 e. The third kappa shape index (κ3) is 4.97. The van der Waals surface area contributed by atoms with Crippen LogP contribution >= 0.6 is 0 Å². The molecule has 4 aliphatic rings. The molecule has 0 atom stereocenters. The third-order valence-corrected chi connectivity index (χ3v) is 8.51. The zero-order valence-corrected chi connectivity index (χ0v) is 21.7. The summed E-state index contributed by atoms with van der Waals surface area (Å²) < 4.78 is 12.0. The van der Waals surface area contributed by atoms with Crippen molar-refractivity contribution in [1.29, 1.82) is 0 Å². The van der Waals surface area contributed by atoms with Crippen LogP contribution in [0, 0.1) is 5.92 Å². The van der Waals surface area contributed by atoms with Crippen LogP contribution in [0.4, 0.5) is 0 Å². The fourth-order valence-electron chi connectivity index (χ4n) is 6.18. The summed E-state index contributed by atoms with van der Waals surface area (Å²) in [6, 6.07) is 5.64. The molecule has 0 unspecified atom stereocenters. The minimum atomic E-state index is -0.630. The number of likely N-dealkylation sites (tertiary alicyclic amines) is 2. The number of rotatable bonds is 7. The summed E-state index contributed by atoms with van der Waals surface area (Å²) in [5.74, 6) is 0.661. The van der Waals surface area contributed by atoms with E-state index in [4.69, 9.17) is 9.47 Å². The number of fused-ring (bicyclic) bond motifs is 2. The molecule has 3 heterocycles. The molecule has 5 rings (SSSR count). The van der Waals surface area contributed by atoms with Gasteiger partial charge >= 0.3 is 5.97 Å².